The van der Waals surface area contributed by atoms with Crippen LogP contribution in [0, 0.1) is 11.8 Å². The van der Waals surface area contributed by atoms with Crippen LogP contribution in [0.2, 0.25) is 0 Å². The second-order valence-corrected chi connectivity index (χ2v) is 11.1. The third-order valence-electron chi connectivity index (χ3n) is 8.25. The molecule has 1 aromatic rings. The Morgan fingerprint density at radius 1 is 0.703 bits per heavy atom. The number of piperidine rings is 2. The Hall–Kier alpha value is -2.07. The maximum atomic E-state index is 13.0. The van der Waals surface area contributed by atoms with Crippen LogP contribution in [0.5, 0.6) is 0 Å². The highest BCUT2D eigenvalue weighted by Crippen LogP contribution is 2.19. The number of pyridine rings is 1. The molecule has 3 aliphatic rings. The number of hydrogen-bond acceptors (Lipinski definition) is 7. The van der Waals surface area contributed by atoms with Crippen molar-refractivity contribution in [2.75, 3.05) is 65.6 Å². The predicted octanol–water partition coefficient (Wildman–Crippen LogP) is 1.33. The fourth-order valence-electron chi connectivity index (χ4n) is 5.75. The zero-order valence-electron chi connectivity index (χ0n) is 22.3. The summed E-state index contributed by atoms with van der Waals surface area (Å²) in [5.74, 6) is 0.997. The minimum absolute atomic E-state index is 0.173. The third kappa shape index (κ3) is 8.46. The quantitative estimate of drug-likeness (QED) is 0.590. The van der Waals surface area contributed by atoms with Crippen LogP contribution in [0.15, 0.2) is 18.2 Å². The maximum Gasteiger partial charge on any atom is 0.236 e. The Morgan fingerprint density at radius 3 is 1.54 bits per heavy atom. The highest BCUT2D eigenvalue weighted by molar-refractivity contribution is 5.78. The Labute approximate surface area is 221 Å². The van der Waals surface area contributed by atoms with Gasteiger partial charge in [-0.05, 0) is 75.6 Å². The lowest BCUT2D eigenvalue weighted by molar-refractivity contribution is -0.134. The van der Waals surface area contributed by atoms with Crippen molar-refractivity contribution in [2.24, 2.45) is 11.8 Å². The molecule has 0 aromatic carbocycles. The van der Waals surface area contributed by atoms with Crippen LogP contribution in [0.1, 0.15) is 56.3 Å². The number of hydrogen-bond donors (Lipinski definition) is 2. The first-order chi connectivity index (χ1) is 18.0. The van der Waals surface area contributed by atoms with Crippen LogP contribution >= 0.6 is 0 Å². The van der Waals surface area contributed by atoms with E-state index in [0.29, 0.717) is 38.0 Å². The normalized spacial score (nSPS) is 21.9. The van der Waals surface area contributed by atoms with E-state index >= 15 is 0 Å². The maximum absolute atomic E-state index is 13.0. The second-order valence-electron chi connectivity index (χ2n) is 11.1. The number of carbonyl (C=O) groups excluding carboxylic acids is 2. The Kier molecular flexibility index (Phi) is 10.7. The number of likely N-dealkylation sites (tertiary alicyclic amines) is 2. The van der Waals surface area contributed by atoms with Crippen molar-refractivity contribution in [1.29, 1.82) is 0 Å². The molecule has 4 rings (SSSR count). The van der Waals surface area contributed by atoms with Gasteiger partial charge in [-0.15, -0.1) is 0 Å². The number of nitrogens with zero attached hydrogens (tertiary/aromatic N) is 5. The number of rotatable bonds is 6. The molecule has 0 aliphatic carbocycles. The van der Waals surface area contributed by atoms with Crippen LogP contribution in [0.4, 0.5) is 0 Å². The van der Waals surface area contributed by atoms with Gasteiger partial charge in [0.15, 0.2) is 0 Å². The van der Waals surface area contributed by atoms with Gasteiger partial charge in [-0.25, -0.2) is 0 Å². The Balaban J connectivity index is 1.34. The minimum atomic E-state index is 0.173. The monoisotopic (exact) mass is 515 g/mol. The first-order valence-corrected chi connectivity index (χ1v) is 14.2. The van der Waals surface area contributed by atoms with E-state index in [4.69, 9.17) is 4.98 Å². The lowest BCUT2D eigenvalue weighted by atomic mass is 9.98. The summed E-state index contributed by atoms with van der Waals surface area (Å²) in [6.45, 7) is 7.17. The summed E-state index contributed by atoms with van der Waals surface area (Å²) in [5, 5.41) is 18.8. The molecule has 0 spiro atoms. The van der Waals surface area contributed by atoms with E-state index in [1.165, 1.54) is 0 Å². The molecule has 2 saturated heterocycles. The van der Waals surface area contributed by atoms with E-state index in [2.05, 4.69) is 9.80 Å². The lowest BCUT2D eigenvalue weighted by Crippen LogP contribution is -2.45. The van der Waals surface area contributed by atoms with Gasteiger partial charge in [0.2, 0.25) is 11.8 Å². The van der Waals surface area contributed by atoms with E-state index in [-0.39, 0.29) is 25.0 Å². The average molecular weight is 516 g/mol. The number of aliphatic hydroxyl groups excluding tert-OH is 2. The third-order valence-corrected chi connectivity index (χ3v) is 8.25. The van der Waals surface area contributed by atoms with Gasteiger partial charge in [0.25, 0.3) is 0 Å². The van der Waals surface area contributed by atoms with Gasteiger partial charge in [-0.1, -0.05) is 12.5 Å². The molecular weight excluding hydrogens is 470 g/mol. The first-order valence-electron chi connectivity index (χ1n) is 14.2. The summed E-state index contributed by atoms with van der Waals surface area (Å²) in [4.78, 5) is 39.3. The summed E-state index contributed by atoms with van der Waals surface area (Å²) in [5.41, 5.74) is 1.92. The van der Waals surface area contributed by atoms with Gasteiger partial charge < -0.3 is 20.0 Å². The molecule has 2 fully saturated rings. The molecule has 2 N–H and O–H groups in total. The zero-order chi connectivity index (χ0) is 26.0. The van der Waals surface area contributed by atoms with Crippen molar-refractivity contribution in [1.82, 2.24) is 24.6 Å². The van der Waals surface area contributed by atoms with Crippen LogP contribution in [0.25, 0.3) is 0 Å². The molecule has 206 valence electrons. The minimum Gasteiger partial charge on any atom is -0.396 e. The molecule has 0 radical (unpaired) electrons. The van der Waals surface area contributed by atoms with Gasteiger partial charge in [-0.2, -0.15) is 0 Å². The van der Waals surface area contributed by atoms with Crippen molar-refractivity contribution in [3.8, 4) is 0 Å². The fourth-order valence-corrected chi connectivity index (χ4v) is 5.75. The molecule has 0 saturated carbocycles. The highest BCUT2D eigenvalue weighted by Gasteiger charge is 2.26. The number of carbonyl (C=O) groups is 2. The van der Waals surface area contributed by atoms with Crippen molar-refractivity contribution >= 4 is 11.8 Å². The standard InChI is InChI=1S/C28H45N5O4/c34-21-23-7-13-32(14-8-23)27(36)19-30-11-2-1-3-12-31(18-26-6-4-5-25(17-30)29-26)20-28(37)33-15-9-24(22-35)10-16-33/h4-6,23-24,34-35H,1-3,7-22H2. The number of amides is 2. The summed E-state index contributed by atoms with van der Waals surface area (Å²) in [6, 6.07) is 6.09. The van der Waals surface area contributed by atoms with Gasteiger partial charge in [0.05, 0.1) is 24.5 Å². The van der Waals surface area contributed by atoms with E-state index in [0.717, 1.165) is 95.6 Å². The molecule has 0 unspecified atom stereocenters. The summed E-state index contributed by atoms with van der Waals surface area (Å²) in [7, 11) is 0. The van der Waals surface area contributed by atoms with Gasteiger partial charge in [0.1, 0.15) is 0 Å². The largest absolute Gasteiger partial charge is 0.396 e. The van der Waals surface area contributed by atoms with E-state index < -0.39 is 0 Å². The predicted molar refractivity (Wildman–Crippen MR) is 141 cm³/mol. The van der Waals surface area contributed by atoms with Crippen LogP contribution in [-0.4, -0.2) is 112 Å². The first kappa shape index (κ1) is 28.0. The van der Waals surface area contributed by atoms with Gasteiger partial charge >= 0.3 is 0 Å². The molecular formula is C28H45N5O4. The van der Waals surface area contributed by atoms with Crippen molar-refractivity contribution < 1.29 is 19.8 Å². The molecule has 37 heavy (non-hydrogen) atoms. The number of fused-ring (bicyclic) bond motifs is 2. The zero-order valence-corrected chi connectivity index (χ0v) is 22.3. The van der Waals surface area contributed by atoms with E-state index in [1.54, 1.807) is 0 Å². The molecule has 9 nitrogen and oxygen atoms in total. The van der Waals surface area contributed by atoms with E-state index in [1.807, 2.05) is 28.0 Å². The smallest absolute Gasteiger partial charge is 0.236 e. The number of aliphatic hydroxyl groups is 2. The van der Waals surface area contributed by atoms with Crippen molar-refractivity contribution in [2.45, 2.75) is 58.0 Å². The Bertz CT molecular complexity index is 803. The molecule has 2 amide bonds. The molecule has 2 bridgehead atoms. The van der Waals surface area contributed by atoms with Crippen LogP contribution < -0.4 is 0 Å². The molecule has 3 aliphatic heterocycles. The molecule has 9 heteroatoms. The van der Waals surface area contributed by atoms with Gasteiger partial charge in [-0.3, -0.25) is 24.4 Å². The van der Waals surface area contributed by atoms with Crippen LogP contribution in [-0.2, 0) is 22.7 Å². The lowest BCUT2D eigenvalue weighted by Gasteiger charge is -2.33. The summed E-state index contributed by atoms with van der Waals surface area (Å²) >= 11 is 0. The van der Waals surface area contributed by atoms with Crippen molar-refractivity contribution in [3.05, 3.63) is 29.6 Å². The molecule has 1 aromatic heterocycles. The number of aromatic nitrogens is 1. The van der Waals surface area contributed by atoms with Crippen LogP contribution in [0.3, 0.4) is 0 Å². The summed E-state index contributed by atoms with van der Waals surface area (Å²) in [6.07, 6.45) is 6.60. The fraction of sp³-hybridized carbons (Fsp3) is 0.750. The van der Waals surface area contributed by atoms with E-state index in [9.17, 15) is 19.8 Å². The topological polar surface area (TPSA) is 100 Å². The highest BCUT2D eigenvalue weighted by atomic mass is 16.3. The second kappa shape index (κ2) is 14.2. The molecule has 4 heterocycles. The average Bonchev–Trinajstić information content (AvgIpc) is 2.92. The SMILES string of the molecule is O=C(CN1CCCCCN(CC(=O)N2CCC(CO)CC2)Cc2cccc(n2)C1)N1CCC(CO)CC1. The summed E-state index contributed by atoms with van der Waals surface area (Å²) < 4.78 is 0. The Morgan fingerprint density at radius 2 is 1.14 bits per heavy atom. The molecule has 0 atom stereocenters. The van der Waals surface area contributed by atoms with Gasteiger partial charge in [0, 0.05) is 52.5 Å². The van der Waals surface area contributed by atoms with Crippen molar-refractivity contribution in [3.63, 3.8) is 0 Å².